The average molecular weight is 402 g/mol. The van der Waals surface area contributed by atoms with Crippen molar-refractivity contribution >= 4 is 22.7 Å². The summed E-state index contributed by atoms with van der Waals surface area (Å²) in [7, 11) is 0. The predicted molar refractivity (Wildman–Crippen MR) is 116 cm³/mol. The highest BCUT2D eigenvalue weighted by atomic mass is 16.2. The number of amides is 2. The minimum Gasteiger partial charge on any atom is -0.341 e. The molecule has 0 unspecified atom stereocenters. The molecule has 1 aromatic heterocycles. The van der Waals surface area contributed by atoms with Crippen LogP contribution in [0.4, 0.5) is 0 Å². The Morgan fingerprint density at radius 1 is 1.07 bits per heavy atom. The van der Waals surface area contributed by atoms with E-state index in [1.165, 1.54) is 12.8 Å². The number of hydrogen-bond donors (Lipinski definition) is 2. The van der Waals surface area contributed by atoms with Crippen molar-refractivity contribution in [3.63, 3.8) is 0 Å². The number of piperidine rings is 1. The fraction of sp³-hybridized carbons (Fsp3) is 0.375. The molecule has 30 heavy (non-hydrogen) atoms. The van der Waals surface area contributed by atoms with Crippen molar-refractivity contribution in [1.82, 2.24) is 20.4 Å². The minimum absolute atomic E-state index is 0.000565. The van der Waals surface area contributed by atoms with Crippen LogP contribution in [0.5, 0.6) is 0 Å². The zero-order valence-corrected chi connectivity index (χ0v) is 17.1. The molecule has 2 aliphatic rings. The van der Waals surface area contributed by atoms with Crippen LogP contribution in [0.1, 0.15) is 43.0 Å². The summed E-state index contributed by atoms with van der Waals surface area (Å²) in [6.07, 6.45) is 6.54. The molecule has 5 rings (SSSR count). The minimum atomic E-state index is -0.558. The van der Waals surface area contributed by atoms with Crippen LogP contribution < -0.4 is 5.32 Å². The van der Waals surface area contributed by atoms with Crippen LogP contribution in [0.15, 0.2) is 48.7 Å². The molecule has 2 N–H and O–H groups in total. The number of fused-ring (bicyclic) bond motifs is 1. The van der Waals surface area contributed by atoms with E-state index in [1.54, 1.807) is 19.2 Å². The number of carbonyl (C=O) groups excluding carboxylic acids is 2. The van der Waals surface area contributed by atoms with Crippen molar-refractivity contribution in [2.45, 2.75) is 38.6 Å². The highest BCUT2D eigenvalue weighted by Gasteiger charge is 2.45. The molecule has 2 aromatic carbocycles. The van der Waals surface area contributed by atoms with E-state index < -0.39 is 6.04 Å². The van der Waals surface area contributed by atoms with E-state index in [-0.39, 0.29) is 11.8 Å². The highest BCUT2D eigenvalue weighted by molar-refractivity contribution is 6.10. The number of benzene rings is 2. The lowest BCUT2D eigenvalue weighted by Crippen LogP contribution is -2.49. The first-order valence-corrected chi connectivity index (χ1v) is 10.7. The molecule has 2 heterocycles. The smallest absolute Gasteiger partial charge is 0.254 e. The maximum atomic E-state index is 13.0. The normalized spacial score (nSPS) is 18.4. The van der Waals surface area contributed by atoms with Crippen LogP contribution in [-0.4, -0.2) is 46.0 Å². The number of aromatic amines is 1. The number of likely N-dealkylation sites (tertiary alicyclic amines) is 1. The van der Waals surface area contributed by atoms with Gasteiger partial charge in [-0.3, -0.25) is 14.7 Å². The van der Waals surface area contributed by atoms with Gasteiger partial charge < -0.3 is 10.2 Å². The van der Waals surface area contributed by atoms with Gasteiger partial charge in [0.25, 0.3) is 5.91 Å². The van der Waals surface area contributed by atoms with Gasteiger partial charge in [0.05, 0.1) is 17.3 Å². The number of H-pyrrole nitrogens is 1. The molecule has 1 saturated carbocycles. The molecule has 3 aromatic rings. The van der Waals surface area contributed by atoms with Gasteiger partial charge in [0.15, 0.2) is 0 Å². The van der Waals surface area contributed by atoms with Gasteiger partial charge in [-0.05, 0) is 55.2 Å². The van der Waals surface area contributed by atoms with E-state index in [1.807, 2.05) is 41.3 Å². The summed E-state index contributed by atoms with van der Waals surface area (Å²) >= 11 is 0. The zero-order valence-electron chi connectivity index (χ0n) is 17.1. The molecule has 6 nitrogen and oxygen atoms in total. The van der Waals surface area contributed by atoms with E-state index >= 15 is 0 Å². The lowest BCUT2D eigenvalue weighted by atomic mass is 9.93. The van der Waals surface area contributed by atoms with E-state index in [0.29, 0.717) is 16.5 Å². The number of hydrogen-bond acceptors (Lipinski definition) is 3. The molecule has 154 valence electrons. The van der Waals surface area contributed by atoms with Gasteiger partial charge in [0, 0.05) is 18.5 Å². The summed E-state index contributed by atoms with van der Waals surface area (Å²) in [6, 6.07) is 13.2. The molecular formula is C24H26N4O2. The lowest BCUT2D eigenvalue weighted by Gasteiger charge is -2.33. The molecule has 1 atom stereocenters. The third-order valence-corrected chi connectivity index (χ3v) is 6.76. The molecule has 1 aliphatic heterocycles. The van der Waals surface area contributed by atoms with Gasteiger partial charge in [-0.25, -0.2) is 0 Å². The van der Waals surface area contributed by atoms with Gasteiger partial charge in [-0.1, -0.05) is 36.4 Å². The summed E-state index contributed by atoms with van der Waals surface area (Å²) < 4.78 is 0. The fourth-order valence-electron chi connectivity index (χ4n) is 4.58. The van der Waals surface area contributed by atoms with Crippen LogP contribution in [-0.2, 0) is 4.79 Å². The SMILES string of the molecule is C[C@H](NC(=O)c1ccc(-c2ccccc2)c2cn[nH]c12)C(=O)N1CCC2(CC1)CC2. The van der Waals surface area contributed by atoms with Gasteiger partial charge in [-0.15, -0.1) is 0 Å². The van der Waals surface area contributed by atoms with Crippen molar-refractivity contribution in [1.29, 1.82) is 0 Å². The van der Waals surface area contributed by atoms with Crippen molar-refractivity contribution in [2.75, 3.05) is 13.1 Å². The number of carbonyl (C=O) groups is 2. The number of rotatable bonds is 4. The molecule has 1 aliphatic carbocycles. The molecular weight excluding hydrogens is 376 g/mol. The largest absolute Gasteiger partial charge is 0.341 e. The van der Waals surface area contributed by atoms with Crippen LogP contribution in [0.3, 0.4) is 0 Å². The second-order valence-corrected chi connectivity index (χ2v) is 8.71. The molecule has 6 heteroatoms. The Morgan fingerprint density at radius 3 is 2.50 bits per heavy atom. The fourth-order valence-corrected chi connectivity index (χ4v) is 4.58. The Morgan fingerprint density at radius 2 is 1.80 bits per heavy atom. The molecule has 2 amide bonds. The van der Waals surface area contributed by atoms with Crippen LogP contribution in [0, 0.1) is 5.41 Å². The topological polar surface area (TPSA) is 78.1 Å². The standard InChI is InChI=1S/C24H26N4O2/c1-16(23(30)28-13-11-24(9-10-24)12-14-28)26-22(29)19-8-7-18(17-5-3-2-4-6-17)20-15-25-27-21(19)20/h2-8,15-16H,9-14H2,1H3,(H,25,27)(H,26,29)/t16-/m0/s1. The maximum absolute atomic E-state index is 13.0. The molecule has 1 spiro atoms. The Kier molecular flexibility index (Phi) is 4.57. The second kappa shape index (κ2) is 7.27. The van der Waals surface area contributed by atoms with Gasteiger partial charge in [0.1, 0.15) is 6.04 Å². The molecule has 1 saturated heterocycles. The average Bonchev–Trinajstić information content (AvgIpc) is 3.33. The Balaban J connectivity index is 1.32. The number of nitrogens with one attached hydrogen (secondary N) is 2. The first kappa shape index (κ1) is 18.9. The maximum Gasteiger partial charge on any atom is 0.254 e. The molecule has 0 bridgehead atoms. The number of aromatic nitrogens is 2. The number of nitrogens with zero attached hydrogens (tertiary/aromatic N) is 2. The quantitative estimate of drug-likeness (QED) is 0.698. The first-order chi connectivity index (χ1) is 14.6. The Hall–Kier alpha value is -3.15. The van der Waals surface area contributed by atoms with E-state index in [2.05, 4.69) is 15.5 Å². The van der Waals surface area contributed by atoms with E-state index in [4.69, 9.17) is 0 Å². The summed E-state index contributed by atoms with van der Waals surface area (Å²) in [4.78, 5) is 27.7. The third-order valence-electron chi connectivity index (χ3n) is 6.76. The van der Waals surface area contributed by atoms with Crippen molar-refractivity contribution < 1.29 is 9.59 Å². The predicted octanol–water partition coefficient (Wildman–Crippen LogP) is 3.75. The highest BCUT2D eigenvalue weighted by Crippen LogP contribution is 2.53. The van der Waals surface area contributed by atoms with Crippen molar-refractivity contribution in [3.8, 4) is 11.1 Å². The summed E-state index contributed by atoms with van der Waals surface area (Å²) in [5, 5.41) is 10.9. The summed E-state index contributed by atoms with van der Waals surface area (Å²) in [5.41, 5.74) is 3.79. The van der Waals surface area contributed by atoms with Crippen LogP contribution >= 0.6 is 0 Å². The van der Waals surface area contributed by atoms with Crippen LogP contribution in [0.25, 0.3) is 22.0 Å². The van der Waals surface area contributed by atoms with Gasteiger partial charge in [-0.2, -0.15) is 5.10 Å². The van der Waals surface area contributed by atoms with E-state index in [0.717, 1.165) is 42.4 Å². The first-order valence-electron chi connectivity index (χ1n) is 10.7. The zero-order chi connectivity index (χ0) is 20.7. The van der Waals surface area contributed by atoms with Gasteiger partial charge in [0.2, 0.25) is 5.91 Å². The van der Waals surface area contributed by atoms with Crippen LogP contribution in [0.2, 0.25) is 0 Å². The van der Waals surface area contributed by atoms with Gasteiger partial charge >= 0.3 is 0 Å². The van der Waals surface area contributed by atoms with Crippen molar-refractivity contribution in [2.24, 2.45) is 5.41 Å². The second-order valence-electron chi connectivity index (χ2n) is 8.71. The monoisotopic (exact) mass is 402 g/mol. The van der Waals surface area contributed by atoms with Crippen molar-refractivity contribution in [3.05, 3.63) is 54.2 Å². The summed E-state index contributed by atoms with van der Waals surface area (Å²) in [6.45, 7) is 3.37. The van der Waals surface area contributed by atoms with E-state index in [9.17, 15) is 9.59 Å². The summed E-state index contributed by atoms with van der Waals surface area (Å²) in [5.74, 6) is -0.263. The molecule has 2 fully saturated rings. The Bertz CT molecular complexity index is 1090. The lowest BCUT2D eigenvalue weighted by molar-refractivity contribution is -0.134. The molecule has 0 radical (unpaired) electrons. The Labute approximate surface area is 175 Å². The third kappa shape index (κ3) is 3.36.